The Hall–Kier alpha value is -0.800. The van der Waals surface area contributed by atoms with Gasteiger partial charge in [0.15, 0.2) is 0 Å². The zero-order valence-electron chi connectivity index (χ0n) is 11.0. The van der Waals surface area contributed by atoms with Gasteiger partial charge in [-0.15, -0.1) is 11.6 Å². The molecule has 1 unspecified atom stereocenters. The molecule has 1 aliphatic heterocycles. The first kappa shape index (κ1) is 13.6. The highest BCUT2D eigenvalue weighted by Gasteiger charge is 2.22. The summed E-state index contributed by atoms with van der Waals surface area (Å²) in [5.74, 6) is 0.158. The summed E-state index contributed by atoms with van der Waals surface area (Å²) < 4.78 is 13.5. The number of nitrogens with zero attached hydrogens (tertiary/aromatic N) is 2. The van der Waals surface area contributed by atoms with Crippen molar-refractivity contribution in [2.24, 2.45) is 0 Å². The first-order valence-corrected chi connectivity index (χ1v) is 6.90. The summed E-state index contributed by atoms with van der Waals surface area (Å²) in [6, 6.07) is 5.65. The second-order valence-electron chi connectivity index (χ2n) is 5.16. The van der Waals surface area contributed by atoms with E-state index in [0.717, 1.165) is 30.8 Å². The molecule has 0 saturated carbocycles. The molecule has 4 heteroatoms. The Morgan fingerprint density at radius 2 is 2.17 bits per heavy atom. The summed E-state index contributed by atoms with van der Waals surface area (Å²) in [6.45, 7) is 1.95. The number of benzene rings is 1. The maximum Gasteiger partial charge on any atom is 0.125 e. The van der Waals surface area contributed by atoms with Crippen LogP contribution in [0.3, 0.4) is 0 Å². The topological polar surface area (TPSA) is 6.48 Å². The maximum absolute atomic E-state index is 13.5. The minimum Gasteiger partial charge on any atom is -0.370 e. The van der Waals surface area contributed by atoms with E-state index in [2.05, 4.69) is 23.9 Å². The van der Waals surface area contributed by atoms with Crippen LogP contribution in [0.5, 0.6) is 0 Å². The fourth-order valence-electron chi connectivity index (χ4n) is 2.50. The number of piperidine rings is 1. The van der Waals surface area contributed by atoms with Crippen LogP contribution in [0.25, 0.3) is 0 Å². The van der Waals surface area contributed by atoms with Crippen LogP contribution in [0.1, 0.15) is 18.4 Å². The molecule has 18 heavy (non-hydrogen) atoms. The Morgan fingerprint density at radius 3 is 2.83 bits per heavy atom. The molecule has 1 aliphatic rings. The van der Waals surface area contributed by atoms with Crippen molar-refractivity contribution < 1.29 is 4.39 Å². The first-order chi connectivity index (χ1) is 8.60. The SMILES string of the molecule is CN(C)C1CCCN(c2cc(F)cc(CCl)c2)C1. The van der Waals surface area contributed by atoms with Gasteiger partial charge in [-0.1, -0.05) is 0 Å². The van der Waals surface area contributed by atoms with Gasteiger partial charge in [0.25, 0.3) is 0 Å². The molecule has 2 nitrogen and oxygen atoms in total. The molecule has 0 spiro atoms. The van der Waals surface area contributed by atoms with Gasteiger partial charge in [0.1, 0.15) is 5.82 Å². The van der Waals surface area contributed by atoms with E-state index in [0.29, 0.717) is 11.9 Å². The molecule has 1 atom stereocenters. The van der Waals surface area contributed by atoms with Crippen molar-refractivity contribution in [3.8, 4) is 0 Å². The minimum absolute atomic E-state index is 0.199. The molecular weight excluding hydrogens is 251 g/mol. The Kier molecular flexibility index (Phi) is 4.46. The normalized spacial score (nSPS) is 20.5. The molecule has 0 bridgehead atoms. The van der Waals surface area contributed by atoms with Gasteiger partial charge in [-0.05, 0) is 50.7 Å². The third-order valence-electron chi connectivity index (χ3n) is 3.59. The average Bonchev–Trinajstić information content (AvgIpc) is 2.38. The highest BCUT2D eigenvalue weighted by Crippen LogP contribution is 2.24. The zero-order chi connectivity index (χ0) is 13.1. The summed E-state index contributed by atoms with van der Waals surface area (Å²) in [4.78, 5) is 4.50. The number of hydrogen-bond acceptors (Lipinski definition) is 2. The Morgan fingerprint density at radius 1 is 1.39 bits per heavy atom. The van der Waals surface area contributed by atoms with E-state index >= 15 is 0 Å². The average molecular weight is 271 g/mol. The van der Waals surface area contributed by atoms with E-state index in [9.17, 15) is 4.39 Å². The number of likely N-dealkylation sites (N-methyl/N-ethyl adjacent to an activating group) is 1. The molecular formula is C14H20ClFN2. The highest BCUT2D eigenvalue weighted by molar-refractivity contribution is 6.17. The van der Waals surface area contributed by atoms with Crippen LogP contribution in [-0.2, 0) is 5.88 Å². The molecule has 2 rings (SSSR count). The van der Waals surface area contributed by atoms with Crippen LogP contribution in [0.4, 0.5) is 10.1 Å². The van der Waals surface area contributed by atoms with Crippen LogP contribution >= 0.6 is 11.6 Å². The van der Waals surface area contributed by atoms with E-state index in [4.69, 9.17) is 11.6 Å². The molecule has 0 N–H and O–H groups in total. The molecule has 1 aromatic rings. The molecule has 0 amide bonds. The van der Waals surface area contributed by atoms with Gasteiger partial charge in [-0.3, -0.25) is 0 Å². The molecule has 1 fully saturated rings. The first-order valence-electron chi connectivity index (χ1n) is 6.37. The van der Waals surface area contributed by atoms with Gasteiger partial charge in [0.2, 0.25) is 0 Å². The van der Waals surface area contributed by atoms with Crippen LogP contribution in [0.15, 0.2) is 18.2 Å². The van der Waals surface area contributed by atoms with Gasteiger partial charge < -0.3 is 9.80 Å². The number of alkyl halides is 1. The lowest BCUT2D eigenvalue weighted by molar-refractivity contribution is 0.258. The minimum atomic E-state index is -0.199. The molecule has 1 saturated heterocycles. The number of hydrogen-bond donors (Lipinski definition) is 0. The van der Waals surface area contributed by atoms with E-state index in [1.165, 1.54) is 12.5 Å². The quantitative estimate of drug-likeness (QED) is 0.779. The van der Waals surface area contributed by atoms with Crippen LogP contribution in [-0.4, -0.2) is 38.1 Å². The van der Waals surface area contributed by atoms with E-state index < -0.39 is 0 Å². The molecule has 0 aromatic heterocycles. The van der Waals surface area contributed by atoms with Gasteiger partial charge in [-0.25, -0.2) is 4.39 Å². The number of halogens is 2. The molecule has 1 heterocycles. The molecule has 100 valence electrons. The highest BCUT2D eigenvalue weighted by atomic mass is 35.5. The van der Waals surface area contributed by atoms with Crippen LogP contribution in [0.2, 0.25) is 0 Å². The third-order valence-corrected chi connectivity index (χ3v) is 3.90. The van der Waals surface area contributed by atoms with Crippen molar-refractivity contribution in [3.63, 3.8) is 0 Å². The third kappa shape index (κ3) is 3.15. The standard InChI is InChI=1S/C14H20ClFN2/c1-17(2)13-4-3-5-18(10-13)14-7-11(9-15)6-12(16)8-14/h6-8,13H,3-5,9-10H2,1-2H3. The second kappa shape index (κ2) is 5.89. The summed E-state index contributed by atoms with van der Waals surface area (Å²) in [5, 5.41) is 0. The van der Waals surface area contributed by atoms with Crippen molar-refractivity contribution >= 4 is 17.3 Å². The lowest BCUT2D eigenvalue weighted by Gasteiger charge is -2.37. The lowest BCUT2D eigenvalue weighted by Crippen LogP contribution is -2.45. The summed E-state index contributed by atoms with van der Waals surface area (Å²) in [6.07, 6.45) is 2.36. The van der Waals surface area contributed by atoms with Crippen LogP contribution in [0, 0.1) is 5.82 Å². The lowest BCUT2D eigenvalue weighted by atomic mass is 10.0. The Balaban J connectivity index is 2.17. The monoisotopic (exact) mass is 270 g/mol. The predicted molar refractivity (Wildman–Crippen MR) is 74.9 cm³/mol. The summed E-state index contributed by atoms with van der Waals surface area (Å²) in [5.41, 5.74) is 1.80. The Labute approximate surface area is 113 Å². The fourth-order valence-corrected chi connectivity index (χ4v) is 2.66. The van der Waals surface area contributed by atoms with Gasteiger partial charge in [0.05, 0.1) is 0 Å². The van der Waals surface area contributed by atoms with E-state index in [1.807, 2.05) is 6.07 Å². The smallest absolute Gasteiger partial charge is 0.125 e. The van der Waals surface area contributed by atoms with Crippen molar-refractivity contribution in [1.29, 1.82) is 0 Å². The number of anilines is 1. The summed E-state index contributed by atoms with van der Waals surface area (Å²) >= 11 is 5.80. The molecule has 0 aliphatic carbocycles. The molecule has 0 radical (unpaired) electrons. The van der Waals surface area contributed by atoms with Crippen molar-refractivity contribution in [2.45, 2.75) is 24.8 Å². The van der Waals surface area contributed by atoms with Gasteiger partial charge in [0, 0.05) is 30.7 Å². The van der Waals surface area contributed by atoms with Crippen molar-refractivity contribution in [1.82, 2.24) is 4.90 Å². The maximum atomic E-state index is 13.5. The van der Waals surface area contributed by atoms with Crippen molar-refractivity contribution in [3.05, 3.63) is 29.6 Å². The van der Waals surface area contributed by atoms with Crippen LogP contribution < -0.4 is 4.90 Å². The van der Waals surface area contributed by atoms with E-state index in [-0.39, 0.29) is 5.82 Å². The summed E-state index contributed by atoms with van der Waals surface area (Å²) in [7, 11) is 4.20. The second-order valence-corrected chi connectivity index (χ2v) is 5.42. The largest absolute Gasteiger partial charge is 0.370 e. The van der Waals surface area contributed by atoms with Gasteiger partial charge in [-0.2, -0.15) is 0 Å². The van der Waals surface area contributed by atoms with E-state index in [1.54, 1.807) is 6.07 Å². The van der Waals surface area contributed by atoms with Crippen molar-refractivity contribution in [2.75, 3.05) is 32.1 Å². The number of rotatable bonds is 3. The zero-order valence-corrected chi connectivity index (χ0v) is 11.8. The van der Waals surface area contributed by atoms with Gasteiger partial charge >= 0.3 is 0 Å². The Bertz CT molecular complexity index is 409. The predicted octanol–water partition coefficient (Wildman–Crippen LogP) is 3.09. The fraction of sp³-hybridized carbons (Fsp3) is 0.571. The molecule has 1 aromatic carbocycles.